The van der Waals surface area contributed by atoms with Crippen LogP contribution in [0.15, 0.2) is 26.8 Å². The number of rotatable bonds is 6. The summed E-state index contributed by atoms with van der Waals surface area (Å²) >= 11 is 0. The Kier molecular flexibility index (Phi) is 5.30. The van der Waals surface area contributed by atoms with Crippen LogP contribution < -0.4 is 0 Å². The van der Waals surface area contributed by atoms with Crippen molar-refractivity contribution in [2.24, 2.45) is 0 Å². The van der Waals surface area contributed by atoms with Gasteiger partial charge >= 0.3 is 0 Å². The third kappa shape index (κ3) is 3.28. The summed E-state index contributed by atoms with van der Waals surface area (Å²) in [7, 11) is -12.3. The molecule has 0 bridgehead atoms. The van der Waals surface area contributed by atoms with Gasteiger partial charge in [-0.2, -0.15) is 0 Å². The van der Waals surface area contributed by atoms with Crippen molar-refractivity contribution < 1.29 is 30.4 Å². The number of phenolic OH excluding ortho intramolecular Hbond substituents is 1. The Morgan fingerprint density at radius 3 is 1.55 bits per heavy atom. The standard InChI is InChI=1S/C12H18O7S3/c1-4-20(14,15)10-8-7-9(13)11(21(16,17)5-2)12(10)22(18,19)6-3/h7-8,13H,4-6H2,1-3H3. The molecule has 0 radical (unpaired) electrons. The molecule has 0 amide bonds. The van der Waals surface area contributed by atoms with E-state index in [0.717, 1.165) is 12.1 Å². The summed E-state index contributed by atoms with van der Waals surface area (Å²) in [5.74, 6) is -2.13. The molecule has 1 N–H and O–H groups in total. The van der Waals surface area contributed by atoms with E-state index in [1.54, 1.807) is 0 Å². The Hall–Kier alpha value is -1.13. The normalized spacial score (nSPS) is 13.2. The Labute approximate surface area is 130 Å². The highest BCUT2D eigenvalue weighted by Gasteiger charge is 2.34. The van der Waals surface area contributed by atoms with Crippen LogP contribution in [0.2, 0.25) is 0 Å². The zero-order valence-corrected chi connectivity index (χ0v) is 14.8. The molecule has 1 aromatic carbocycles. The van der Waals surface area contributed by atoms with Crippen molar-refractivity contribution >= 4 is 29.5 Å². The van der Waals surface area contributed by atoms with E-state index in [4.69, 9.17) is 0 Å². The van der Waals surface area contributed by atoms with Crippen LogP contribution in [0.25, 0.3) is 0 Å². The van der Waals surface area contributed by atoms with Gasteiger partial charge in [-0.05, 0) is 12.1 Å². The monoisotopic (exact) mass is 370 g/mol. The Morgan fingerprint density at radius 2 is 1.14 bits per heavy atom. The molecular weight excluding hydrogens is 352 g/mol. The third-order valence-electron chi connectivity index (χ3n) is 3.15. The predicted molar refractivity (Wildman–Crippen MR) is 81.3 cm³/mol. The lowest BCUT2D eigenvalue weighted by Gasteiger charge is -2.15. The van der Waals surface area contributed by atoms with Crippen LogP contribution in [-0.4, -0.2) is 47.6 Å². The molecular formula is C12H18O7S3. The minimum absolute atomic E-state index is 0.393. The maximum Gasteiger partial charge on any atom is 0.183 e. The van der Waals surface area contributed by atoms with Gasteiger partial charge in [0.05, 0.1) is 22.2 Å². The first-order valence-corrected chi connectivity index (χ1v) is 11.4. The van der Waals surface area contributed by atoms with Gasteiger partial charge in [0.1, 0.15) is 15.5 Å². The topological polar surface area (TPSA) is 123 Å². The lowest BCUT2D eigenvalue weighted by molar-refractivity contribution is 0.451. The maximum absolute atomic E-state index is 12.3. The number of sulfone groups is 3. The quantitative estimate of drug-likeness (QED) is 0.784. The van der Waals surface area contributed by atoms with Crippen LogP contribution in [0.1, 0.15) is 20.8 Å². The van der Waals surface area contributed by atoms with Crippen molar-refractivity contribution in [2.75, 3.05) is 17.3 Å². The number of aromatic hydroxyl groups is 1. The summed E-state index contributed by atoms with van der Waals surface area (Å²) in [4.78, 5) is -2.27. The fourth-order valence-corrected chi connectivity index (χ4v) is 6.50. The van der Waals surface area contributed by atoms with Gasteiger partial charge in [-0.3, -0.25) is 0 Å². The van der Waals surface area contributed by atoms with E-state index in [2.05, 4.69) is 0 Å². The van der Waals surface area contributed by atoms with Crippen molar-refractivity contribution in [1.29, 1.82) is 0 Å². The van der Waals surface area contributed by atoms with E-state index in [-0.39, 0.29) is 0 Å². The zero-order chi connectivity index (χ0) is 17.3. The van der Waals surface area contributed by atoms with Gasteiger partial charge in [-0.15, -0.1) is 0 Å². The van der Waals surface area contributed by atoms with E-state index in [9.17, 15) is 30.4 Å². The van der Waals surface area contributed by atoms with Crippen LogP contribution in [0.5, 0.6) is 5.75 Å². The van der Waals surface area contributed by atoms with Gasteiger partial charge in [-0.1, -0.05) is 20.8 Å². The van der Waals surface area contributed by atoms with Crippen molar-refractivity contribution in [1.82, 2.24) is 0 Å². The minimum atomic E-state index is -4.19. The molecule has 0 fully saturated rings. The molecule has 0 saturated carbocycles. The van der Waals surface area contributed by atoms with Gasteiger partial charge < -0.3 is 5.11 Å². The van der Waals surface area contributed by atoms with E-state index in [0.29, 0.717) is 0 Å². The van der Waals surface area contributed by atoms with Crippen LogP contribution in [0.4, 0.5) is 0 Å². The largest absolute Gasteiger partial charge is 0.507 e. The smallest absolute Gasteiger partial charge is 0.183 e. The van der Waals surface area contributed by atoms with Gasteiger partial charge in [-0.25, -0.2) is 25.3 Å². The fraction of sp³-hybridized carbons (Fsp3) is 0.500. The first kappa shape index (κ1) is 18.9. The molecule has 0 unspecified atom stereocenters. The number of phenols is 1. The summed E-state index contributed by atoms with van der Waals surface area (Å²) in [5, 5.41) is 9.84. The Balaban J connectivity index is 4.16. The van der Waals surface area contributed by atoms with Gasteiger partial charge in [0.15, 0.2) is 29.5 Å². The third-order valence-corrected chi connectivity index (χ3v) is 8.78. The molecule has 0 aliphatic carbocycles. The first-order valence-electron chi connectivity index (χ1n) is 6.48. The number of benzene rings is 1. The lowest BCUT2D eigenvalue weighted by Crippen LogP contribution is -2.18. The van der Waals surface area contributed by atoms with Crippen molar-refractivity contribution in [3.8, 4) is 5.75 Å². The predicted octanol–water partition coefficient (Wildman–Crippen LogP) is 0.773. The van der Waals surface area contributed by atoms with E-state index < -0.39 is 67.2 Å². The number of hydrogen-bond acceptors (Lipinski definition) is 7. The average molecular weight is 370 g/mol. The van der Waals surface area contributed by atoms with Crippen LogP contribution >= 0.6 is 0 Å². The second-order valence-corrected chi connectivity index (χ2v) is 11.1. The molecule has 0 spiro atoms. The fourth-order valence-electron chi connectivity index (χ4n) is 1.82. The summed E-state index contributed by atoms with van der Waals surface area (Å²) in [6.45, 7) is 3.86. The van der Waals surface area contributed by atoms with E-state index >= 15 is 0 Å². The molecule has 0 aliphatic heterocycles. The van der Waals surface area contributed by atoms with Crippen molar-refractivity contribution in [2.45, 2.75) is 35.5 Å². The van der Waals surface area contributed by atoms with Crippen LogP contribution in [0.3, 0.4) is 0 Å². The molecule has 22 heavy (non-hydrogen) atoms. The van der Waals surface area contributed by atoms with Crippen LogP contribution in [0, 0.1) is 0 Å². The van der Waals surface area contributed by atoms with Crippen molar-refractivity contribution in [3.05, 3.63) is 12.1 Å². The molecule has 0 aromatic heterocycles. The lowest BCUT2D eigenvalue weighted by atomic mass is 10.3. The van der Waals surface area contributed by atoms with Gasteiger partial charge in [0, 0.05) is 0 Å². The molecule has 0 heterocycles. The summed E-state index contributed by atoms with van der Waals surface area (Å²) in [6, 6.07) is 1.81. The highest BCUT2D eigenvalue weighted by Crippen LogP contribution is 2.36. The van der Waals surface area contributed by atoms with Gasteiger partial charge in [0.25, 0.3) is 0 Å². The Morgan fingerprint density at radius 1 is 0.727 bits per heavy atom. The molecule has 10 heteroatoms. The maximum atomic E-state index is 12.3. The zero-order valence-electron chi connectivity index (χ0n) is 12.4. The van der Waals surface area contributed by atoms with E-state index in [1.165, 1.54) is 20.8 Å². The minimum Gasteiger partial charge on any atom is -0.507 e. The summed E-state index contributed by atoms with van der Waals surface area (Å²) in [6.07, 6.45) is 0. The van der Waals surface area contributed by atoms with Crippen LogP contribution in [-0.2, 0) is 29.5 Å². The molecule has 0 aliphatic rings. The molecule has 0 saturated heterocycles. The second kappa shape index (κ2) is 6.17. The number of hydrogen-bond donors (Lipinski definition) is 1. The molecule has 1 aromatic rings. The summed E-state index contributed by atoms with van der Waals surface area (Å²) in [5.41, 5.74) is 0. The highest BCUT2D eigenvalue weighted by atomic mass is 32.2. The average Bonchev–Trinajstić information content (AvgIpc) is 2.46. The molecule has 1 rings (SSSR count). The molecule has 0 atom stereocenters. The molecule has 7 nitrogen and oxygen atoms in total. The first-order chi connectivity index (χ1) is 9.94. The Bertz CT molecular complexity index is 879. The van der Waals surface area contributed by atoms with E-state index in [1.807, 2.05) is 0 Å². The second-order valence-electron chi connectivity index (χ2n) is 4.45. The SMILES string of the molecule is CCS(=O)(=O)c1ccc(O)c(S(=O)(=O)CC)c1S(=O)(=O)CC. The summed E-state index contributed by atoms with van der Waals surface area (Å²) < 4.78 is 73.1. The van der Waals surface area contributed by atoms with Crippen molar-refractivity contribution in [3.63, 3.8) is 0 Å². The molecule has 126 valence electrons. The van der Waals surface area contributed by atoms with Gasteiger partial charge in [0.2, 0.25) is 0 Å². The highest BCUT2D eigenvalue weighted by molar-refractivity contribution is 7.96.